The third-order valence-electron chi connectivity index (χ3n) is 4.94. The number of nitrogens with zero attached hydrogens (tertiary/aromatic N) is 2. The van der Waals surface area contributed by atoms with Crippen molar-refractivity contribution >= 4 is 17.5 Å². The maximum atomic E-state index is 12.8. The van der Waals surface area contributed by atoms with Gasteiger partial charge in [0, 0.05) is 20.0 Å². The Morgan fingerprint density at radius 1 is 1.04 bits per heavy atom. The van der Waals surface area contributed by atoms with Gasteiger partial charge in [-0.15, -0.1) is 0 Å². The molecule has 2 amide bonds. The largest absolute Gasteiger partial charge is 0.455 e. The van der Waals surface area contributed by atoms with E-state index in [1.807, 2.05) is 59.5 Å². The highest BCUT2D eigenvalue weighted by atomic mass is 16.5. The second-order valence-electron chi connectivity index (χ2n) is 7.05. The van der Waals surface area contributed by atoms with Crippen molar-refractivity contribution in [2.45, 2.75) is 26.7 Å². The first-order valence-corrected chi connectivity index (χ1v) is 9.42. The number of carbonyl (C=O) groups is 2. The minimum atomic E-state index is -0.183. The van der Waals surface area contributed by atoms with Crippen LogP contribution in [-0.2, 0) is 9.59 Å². The van der Waals surface area contributed by atoms with Gasteiger partial charge in [-0.05, 0) is 43.0 Å². The third kappa shape index (κ3) is 4.88. The fourth-order valence-corrected chi connectivity index (χ4v) is 3.24. The summed E-state index contributed by atoms with van der Waals surface area (Å²) in [6, 6.07) is 16.7. The summed E-state index contributed by atoms with van der Waals surface area (Å²) in [5.74, 6) is 1.69. The Morgan fingerprint density at radius 2 is 1.67 bits per heavy atom. The lowest BCUT2D eigenvalue weighted by Crippen LogP contribution is -2.45. The molecule has 142 valence electrons. The molecule has 0 N–H and O–H groups in total. The van der Waals surface area contributed by atoms with Crippen molar-refractivity contribution in [1.82, 2.24) is 4.90 Å². The minimum absolute atomic E-state index is 0.0217. The van der Waals surface area contributed by atoms with Crippen molar-refractivity contribution in [1.29, 1.82) is 0 Å². The van der Waals surface area contributed by atoms with Crippen molar-refractivity contribution in [3.05, 3.63) is 54.6 Å². The summed E-state index contributed by atoms with van der Waals surface area (Å²) in [5, 5.41) is 0. The smallest absolute Gasteiger partial charge is 0.242 e. The van der Waals surface area contributed by atoms with Gasteiger partial charge in [-0.25, -0.2) is 0 Å². The molecular weight excluding hydrogens is 340 g/mol. The van der Waals surface area contributed by atoms with Gasteiger partial charge in [0.15, 0.2) is 5.75 Å². The third-order valence-corrected chi connectivity index (χ3v) is 4.94. The van der Waals surface area contributed by atoms with Crippen molar-refractivity contribution in [3.63, 3.8) is 0 Å². The lowest BCUT2D eigenvalue weighted by Gasteiger charge is -2.32. The number of hydrogen-bond acceptors (Lipinski definition) is 3. The minimum Gasteiger partial charge on any atom is -0.455 e. The number of ether oxygens (including phenoxy) is 1. The Bertz CT molecular complexity index is 783. The molecule has 1 saturated heterocycles. The summed E-state index contributed by atoms with van der Waals surface area (Å²) in [6.07, 6.45) is 2.03. The normalized spacial score (nSPS) is 14.7. The molecule has 2 aromatic carbocycles. The number of hydrogen-bond donors (Lipinski definition) is 0. The van der Waals surface area contributed by atoms with Crippen LogP contribution in [0.2, 0.25) is 0 Å². The van der Waals surface area contributed by atoms with Gasteiger partial charge in [-0.2, -0.15) is 0 Å². The summed E-state index contributed by atoms with van der Waals surface area (Å²) < 4.78 is 5.96. The van der Waals surface area contributed by atoms with E-state index in [9.17, 15) is 9.59 Å². The molecule has 27 heavy (non-hydrogen) atoms. The SMILES string of the molecule is CC(=O)N(CC(=O)N1CCC(C)CC1)c1ccccc1Oc1ccccc1. The van der Waals surface area contributed by atoms with Crippen LogP contribution in [0, 0.1) is 5.92 Å². The summed E-state index contributed by atoms with van der Waals surface area (Å²) in [6.45, 7) is 5.23. The van der Waals surface area contributed by atoms with E-state index in [0.717, 1.165) is 25.9 Å². The first kappa shape index (κ1) is 19.0. The first-order chi connectivity index (χ1) is 13.0. The number of rotatable bonds is 5. The van der Waals surface area contributed by atoms with Gasteiger partial charge in [0.05, 0.1) is 5.69 Å². The van der Waals surface area contributed by atoms with Crippen molar-refractivity contribution in [3.8, 4) is 11.5 Å². The molecule has 0 aromatic heterocycles. The van der Waals surface area contributed by atoms with Crippen LogP contribution < -0.4 is 9.64 Å². The van der Waals surface area contributed by atoms with E-state index >= 15 is 0 Å². The predicted molar refractivity (Wildman–Crippen MR) is 106 cm³/mol. The summed E-state index contributed by atoms with van der Waals surface area (Å²) >= 11 is 0. The zero-order valence-electron chi connectivity index (χ0n) is 15.9. The quantitative estimate of drug-likeness (QED) is 0.801. The van der Waals surface area contributed by atoms with Gasteiger partial charge in [0.1, 0.15) is 12.3 Å². The zero-order valence-corrected chi connectivity index (χ0v) is 15.9. The summed E-state index contributed by atoms with van der Waals surface area (Å²) in [5.41, 5.74) is 0.604. The van der Waals surface area contributed by atoms with Gasteiger partial charge in [0.25, 0.3) is 0 Å². The van der Waals surface area contributed by atoms with Crippen LogP contribution in [0.5, 0.6) is 11.5 Å². The molecule has 0 atom stereocenters. The molecule has 2 aromatic rings. The Morgan fingerprint density at radius 3 is 2.33 bits per heavy atom. The molecule has 0 bridgehead atoms. The molecule has 0 aliphatic carbocycles. The van der Waals surface area contributed by atoms with Crippen molar-refractivity contribution < 1.29 is 14.3 Å². The average Bonchev–Trinajstić information content (AvgIpc) is 2.68. The molecule has 0 unspecified atom stereocenters. The highest BCUT2D eigenvalue weighted by Gasteiger charge is 2.25. The molecular formula is C22H26N2O3. The first-order valence-electron chi connectivity index (χ1n) is 9.42. The molecule has 0 saturated carbocycles. The molecule has 5 heteroatoms. The van der Waals surface area contributed by atoms with Crippen LogP contribution in [0.4, 0.5) is 5.69 Å². The molecule has 5 nitrogen and oxygen atoms in total. The van der Waals surface area contributed by atoms with Crippen LogP contribution in [-0.4, -0.2) is 36.3 Å². The van der Waals surface area contributed by atoms with Gasteiger partial charge in [0.2, 0.25) is 11.8 Å². The Hall–Kier alpha value is -2.82. The number of carbonyl (C=O) groups excluding carboxylic acids is 2. The fraction of sp³-hybridized carbons (Fsp3) is 0.364. The maximum Gasteiger partial charge on any atom is 0.242 e. The number of likely N-dealkylation sites (tertiary alicyclic amines) is 1. The van der Waals surface area contributed by atoms with Gasteiger partial charge >= 0.3 is 0 Å². The van der Waals surface area contributed by atoms with E-state index in [-0.39, 0.29) is 18.4 Å². The molecule has 1 aliphatic heterocycles. The van der Waals surface area contributed by atoms with E-state index in [2.05, 4.69) is 6.92 Å². The van der Waals surface area contributed by atoms with Gasteiger partial charge in [-0.1, -0.05) is 37.3 Å². The van der Waals surface area contributed by atoms with Gasteiger partial charge < -0.3 is 9.64 Å². The molecule has 1 aliphatic rings. The monoisotopic (exact) mass is 366 g/mol. The number of amides is 2. The summed E-state index contributed by atoms with van der Waals surface area (Å²) in [4.78, 5) is 28.4. The predicted octanol–water partition coefficient (Wildman–Crippen LogP) is 4.09. The molecule has 1 fully saturated rings. The number of anilines is 1. The molecule has 3 rings (SSSR count). The van der Waals surface area contributed by atoms with E-state index < -0.39 is 0 Å². The fourth-order valence-electron chi connectivity index (χ4n) is 3.24. The lowest BCUT2D eigenvalue weighted by molar-refractivity contribution is -0.132. The average molecular weight is 366 g/mol. The van der Waals surface area contributed by atoms with Crippen LogP contribution in [0.3, 0.4) is 0 Å². The number of benzene rings is 2. The Balaban J connectivity index is 1.79. The highest BCUT2D eigenvalue weighted by Crippen LogP contribution is 2.32. The van der Waals surface area contributed by atoms with Crippen molar-refractivity contribution in [2.24, 2.45) is 5.92 Å². The second-order valence-corrected chi connectivity index (χ2v) is 7.05. The second kappa shape index (κ2) is 8.71. The van der Waals surface area contributed by atoms with Crippen LogP contribution >= 0.6 is 0 Å². The Kier molecular flexibility index (Phi) is 6.12. The highest BCUT2D eigenvalue weighted by molar-refractivity contribution is 5.98. The molecule has 0 radical (unpaired) electrons. The van der Waals surface area contributed by atoms with Crippen molar-refractivity contribution in [2.75, 3.05) is 24.5 Å². The van der Waals surface area contributed by atoms with E-state index in [1.54, 1.807) is 0 Å². The number of para-hydroxylation sites is 3. The molecule has 1 heterocycles. The Labute approximate surface area is 160 Å². The topological polar surface area (TPSA) is 49.9 Å². The van der Waals surface area contributed by atoms with E-state index in [0.29, 0.717) is 23.1 Å². The zero-order chi connectivity index (χ0) is 19.2. The standard InChI is InChI=1S/C22H26N2O3/c1-17-12-14-23(15-13-17)22(26)16-24(18(2)25)20-10-6-7-11-21(20)27-19-8-4-3-5-9-19/h3-11,17H,12-16H2,1-2H3. The van der Waals surface area contributed by atoms with Crippen LogP contribution in [0.15, 0.2) is 54.6 Å². The summed E-state index contributed by atoms with van der Waals surface area (Å²) in [7, 11) is 0. The maximum absolute atomic E-state index is 12.8. The van der Waals surface area contributed by atoms with Crippen LogP contribution in [0.1, 0.15) is 26.7 Å². The van der Waals surface area contributed by atoms with E-state index in [4.69, 9.17) is 4.74 Å². The molecule has 0 spiro atoms. The van der Waals surface area contributed by atoms with E-state index in [1.165, 1.54) is 11.8 Å². The number of piperidine rings is 1. The van der Waals surface area contributed by atoms with Gasteiger partial charge in [-0.3, -0.25) is 14.5 Å². The van der Waals surface area contributed by atoms with Crippen LogP contribution in [0.25, 0.3) is 0 Å². The lowest BCUT2D eigenvalue weighted by atomic mass is 9.99.